The first kappa shape index (κ1) is 21.7. The van der Waals surface area contributed by atoms with Gasteiger partial charge in [0.1, 0.15) is 5.82 Å². The number of fused-ring (bicyclic) bond motifs is 1. The van der Waals surface area contributed by atoms with E-state index >= 15 is 0 Å². The van der Waals surface area contributed by atoms with Crippen molar-refractivity contribution in [3.05, 3.63) is 33.6 Å². The number of carbonyl (C=O) groups is 2. The van der Waals surface area contributed by atoms with Gasteiger partial charge in [0.05, 0.1) is 28.2 Å². The molecular formula is C21H25Cl2FN2O4. The van der Waals surface area contributed by atoms with Crippen molar-refractivity contribution < 1.29 is 24.2 Å². The second-order valence-corrected chi connectivity index (χ2v) is 10.1. The number of benzene rings is 1. The van der Waals surface area contributed by atoms with Crippen molar-refractivity contribution in [1.82, 2.24) is 10.6 Å². The standard InChI is InChI=1S/C21H25Cl2FN2O4/c1-21(7-10-4-11(10)8-21)18(16-13(24)3-2-12(22)17(16)23)26-19(28)9-5-14(15(27)6-9)25-20(29)30/h2-3,9-11,14-15,18,25,27H,4-8H2,1H3,(H,26,28)(H,29,30)/t9-,10?,11?,14-,15+,18?,21?/m0/s1. The third kappa shape index (κ3) is 3.99. The zero-order valence-corrected chi connectivity index (χ0v) is 18.0. The monoisotopic (exact) mass is 458 g/mol. The van der Waals surface area contributed by atoms with Crippen LogP contribution in [0.3, 0.4) is 0 Å². The molecule has 0 aromatic heterocycles. The van der Waals surface area contributed by atoms with E-state index in [1.54, 1.807) is 0 Å². The average molecular weight is 459 g/mol. The van der Waals surface area contributed by atoms with E-state index in [1.165, 1.54) is 18.6 Å². The van der Waals surface area contributed by atoms with Crippen molar-refractivity contribution in [2.75, 3.05) is 0 Å². The number of halogens is 3. The summed E-state index contributed by atoms with van der Waals surface area (Å²) in [5, 5.41) is 24.6. The van der Waals surface area contributed by atoms with E-state index in [2.05, 4.69) is 10.6 Å². The van der Waals surface area contributed by atoms with Gasteiger partial charge in [0.2, 0.25) is 5.91 Å². The summed E-state index contributed by atoms with van der Waals surface area (Å²) in [7, 11) is 0. The number of nitrogens with one attached hydrogen (secondary N) is 2. The minimum atomic E-state index is -1.25. The first-order valence-electron chi connectivity index (χ1n) is 10.2. The van der Waals surface area contributed by atoms with Gasteiger partial charge >= 0.3 is 6.09 Å². The van der Waals surface area contributed by atoms with Crippen molar-refractivity contribution in [2.24, 2.45) is 23.2 Å². The third-order valence-electron chi connectivity index (χ3n) is 7.09. The molecule has 4 rings (SSSR count). The van der Waals surface area contributed by atoms with E-state index in [-0.39, 0.29) is 39.8 Å². The highest BCUT2D eigenvalue weighted by atomic mass is 35.5. The molecule has 4 N–H and O–H groups in total. The first-order valence-corrected chi connectivity index (χ1v) is 11.0. The van der Waals surface area contributed by atoms with Crippen molar-refractivity contribution in [1.29, 1.82) is 0 Å². The summed E-state index contributed by atoms with van der Waals surface area (Å²) in [5.41, 5.74) is -0.172. The smallest absolute Gasteiger partial charge is 0.404 e. The predicted octanol–water partition coefficient (Wildman–Crippen LogP) is 4.13. The molecule has 0 aliphatic heterocycles. The Morgan fingerprint density at radius 1 is 1.20 bits per heavy atom. The summed E-state index contributed by atoms with van der Waals surface area (Å²) in [6.07, 6.45) is 1.01. The summed E-state index contributed by atoms with van der Waals surface area (Å²) >= 11 is 12.6. The van der Waals surface area contributed by atoms with Crippen LogP contribution in [0.2, 0.25) is 10.0 Å². The summed E-state index contributed by atoms with van der Waals surface area (Å²) < 4.78 is 14.9. The van der Waals surface area contributed by atoms with Crippen molar-refractivity contribution >= 4 is 35.2 Å². The van der Waals surface area contributed by atoms with Crippen LogP contribution in [0, 0.1) is 29.0 Å². The number of carbonyl (C=O) groups excluding carboxylic acids is 1. The van der Waals surface area contributed by atoms with Crippen LogP contribution in [0.15, 0.2) is 12.1 Å². The van der Waals surface area contributed by atoms with Gasteiger partial charge in [-0.2, -0.15) is 0 Å². The molecule has 3 aliphatic carbocycles. The zero-order valence-electron chi connectivity index (χ0n) is 16.5. The Kier molecular flexibility index (Phi) is 5.66. The summed E-state index contributed by atoms with van der Waals surface area (Å²) in [4.78, 5) is 24.0. The van der Waals surface area contributed by atoms with E-state index in [1.807, 2.05) is 6.92 Å². The van der Waals surface area contributed by atoms with Crippen LogP contribution in [-0.4, -0.2) is 34.4 Å². The molecule has 9 heteroatoms. The fourth-order valence-corrected chi connectivity index (χ4v) is 5.96. The van der Waals surface area contributed by atoms with E-state index in [9.17, 15) is 19.1 Å². The molecule has 0 radical (unpaired) electrons. The van der Waals surface area contributed by atoms with E-state index < -0.39 is 36.0 Å². The molecule has 0 spiro atoms. The molecule has 0 heterocycles. The van der Waals surface area contributed by atoms with E-state index in [0.29, 0.717) is 11.8 Å². The number of carboxylic acid groups (broad SMARTS) is 1. The first-order chi connectivity index (χ1) is 14.1. The van der Waals surface area contributed by atoms with E-state index in [0.717, 1.165) is 12.8 Å². The number of hydrogen-bond acceptors (Lipinski definition) is 3. The second kappa shape index (κ2) is 7.84. The average Bonchev–Trinajstić information content (AvgIpc) is 3.11. The van der Waals surface area contributed by atoms with Crippen LogP contribution >= 0.6 is 23.2 Å². The number of hydrogen-bond donors (Lipinski definition) is 4. The Morgan fingerprint density at radius 2 is 1.87 bits per heavy atom. The maximum Gasteiger partial charge on any atom is 0.404 e. The molecular weight excluding hydrogens is 434 g/mol. The van der Waals surface area contributed by atoms with Gasteiger partial charge in [0, 0.05) is 11.5 Å². The maximum atomic E-state index is 14.9. The highest BCUT2D eigenvalue weighted by Gasteiger charge is 2.56. The Morgan fingerprint density at radius 3 is 2.50 bits per heavy atom. The van der Waals surface area contributed by atoms with Crippen molar-refractivity contribution in [3.8, 4) is 0 Å². The van der Waals surface area contributed by atoms with Crippen molar-refractivity contribution in [3.63, 3.8) is 0 Å². The SMILES string of the molecule is CC1(C(NC(=O)[C@@H]2C[C@@H](O)[C@@H](NC(=O)O)C2)c2c(F)ccc(Cl)c2Cl)CC2CC2C1. The highest BCUT2D eigenvalue weighted by molar-refractivity contribution is 6.42. The fourth-order valence-electron chi connectivity index (χ4n) is 5.53. The lowest BCUT2D eigenvalue weighted by Gasteiger charge is -2.38. The van der Waals surface area contributed by atoms with Gasteiger partial charge in [-0.25, -0.2) is 9.18 Å². The molecule has 6 atom stereocenters. The van der Waals surface area contributed by atoms with E-state index in [4.69, 9.17) is 28.3 Å². The van der Waals surface area contributed by atoms with Crippen LogP contribution in [0.25, 0.3) is 0 Å². The van der Waals surface area contributed by atoms with Crippen LogP contribution in [0.5, 0.6) is 0 Å². The molecule has 3 fully saturated rings. The Hall–Kier alpha value is -1.57. The van der Waals surface area contributed by atoms with Gasteiger partial charge in [-0.15, -0.1) is 0 Å². The van der Waals surface area contributed by atoms with Crippen molar-refractivity contribution in [2.45, 2.75) is 57.2 Å². The lowest BCUT2D eigenvalue weighted by atomic mass is 9.74. The molecule has 1 aromatic rings. The number of aliphatic hydroxyl groups is 1. The minimum absolute atomic E-state index is 0.0978. The summed E-state index contributed by atoms with van der Waals surface area (Å²) in [5.74, 6) is -0.264. The van der Waals surface area contributed by atoms with Crippen LogP contribution in [-0.2, 0) is 4.79 Å². The topological polar surface area (TPSA) is 98.7 Å². The lowest BCUT2D eigenvalue weighted by molar-refractivity contribution is -0.126. The van der Waals surface area contributed by atoms with Crippen LogP contribution < -0.4 is 10.6 Å². The zero-order chi connectivity index (χ0) is 21.8. The van der Waals surface area contributed by atoms with Gasteiger partial charge in [0.15, 0.2) is 0 Å². The Bertz CT molecular complexity index is 873. The molecule has 164 valence electrons. The quantitative estimate of drug-likeness (QED) is 0.498. The number of amides is 2. The van der Waals surface area contributed by atoms with Gasteiger partial charge in [-0.3, -0.25) is 4.79 Å². The molecule has 0 saturated heterocycles. The second-order valence-electron chi connectivity index (χ2n) is 9.31. The molecule has 2 amide bonds. The molecule has 3 saturated carbocycles. The number of aliphatic hydroxyl groups excluding tert-OH is 1. The van der Waals surface area contributed by atoms with Gasteiger partial charge in [-0.05, 0) is 61.5 Å². The summed E-state index contributed by atoms with van der Waals surface area (Å²) in [6, 6.07) is 1.28. The molecule has 0 bridgehead atoms. The summed E-state index contributed by atoms with van der Waals surface area (Å²) in [6.45, 7) is 2.04. The molecule has 3 aliphatic rings. The lowest BCUT2D eigenvalue weighted by Crippen LogP contribution is -2.42. The normalized spacial score (nSPS) is 35.6. The predicted molar refractivity (Wildman–Crippen MR) is 110 cm³/mol. The molecule has 3 unspecified atom stereocenters. The van der Waals surface area contributed by atoms with Crippen LogP contribution in [0.1, 0.15) is 50.6 Å². The highest BCUT2D eigenvalue weighted by Crippen LogP contribution is 2.64. The van der Waals surface area contributed by atoms with Gasteiger partial charge < -0.3 is 20.8 Å². The minimum Gasteiger partial charge on any atom is -0.465 e. The third-order valence-corrected chi connectivity index (χ3v) is 7.91. The molecule has 6 nitrogen and oxygen atoms in total. The van der Waals surface area contributed by atoms with Crippen LogP contribution in [0.4, 0.5) is 9.18 Å². The Labute approximate surface area is 184 Å². The van der Waals surface area contributed by atoms with Gasteiger partial charge in [0.25, 0.3) is 0 Å². The fraction of sp³-hybridized carbons (Fsp3) is 0.619. The van der Waals surface area contributed by atoms with Gasteiger partial charge in [-0.1, -0.05) is 30.1 Å². The number of rotatable bonds is 5. The maximum absolute atomic E-state index is 14.9. The Balaban J connectivity index is 1.59. The molecule has 1 aromatic carbocycles. The molecule has 30 heavy (non-hydrogen) atoms. The largest absolute Gasteiger partial charge is 0.465 e.